The molecular weight excluding hydrogens is 260 g/mol. The van der Waals surface area contributed by atoms with E-state index in [1.807, 2.05) is 0 Å². The molecule has 0 aliphatic carbocycles. The number of carbonyl (C=O) groups excluding carboxylic acids is 1. The zero-order chi connectivity index (χ0) is 14.5. The number of urea groups is 1. The van der Waals surface area contributed by atoms with Crippen LogP contribution in [0.4, 0.5) is 16.2 Å². The van der Waals surface area contributed by atoms with Gasteiger partial charge >= 0.3 is 6.03 Å². The molecule has 2 rings (SSSR count). The number of non-ortho nitro benzene ring substituents is 1. The van der Waals surface area contributed by atoms with Crippen molar-refractivity contribution in [2.45, 2.75) is 18.9 Å². The van der Waals surface area contributed by atoms with Crippen LogP contribution < -0.4 is 10.6 Å². The number of anilines is 1. The zero-order valence-corrected chi connectivity index (χ0v) is 11.3. The molecule has 0 saturated carbocycles. The van der Waals surface area contributed by atoms with Crippen LogP contribution in [-0.2, 0) is 0 Å². The third kappa shape index (κ3) is 3.67. The van der Waals surface area contributed by atoms with Crippen LogP contribution in [0.2, 0.25) is 0 Å². The Hall–Kier alpha value is -2.15. The normalized spacial score (nSPS) is 17.8. The van der Waals surface area contributed by atoms with Crippen molar-refractivity contribution in [2.75, 3.05) is 25.5 Å². The Morgan fingerprint density at radius 1 is 1.50 bits per heavy atom. The molecule has 2 amide bonds. The van der Waals surface area contributed by atoms with Crippen molar-refractivity contribution in [3.8, 4) is 0 Å². The molecule has 0 radical (unpaired) electrons. The van der Waals surface area contributed by atoms with Crippen LogP contribution in [0, 0.1) is 10.1 Å². The number of likely N-dealkylation sites (N-methyl/N-ethyl adjacent to an activating group) is 1. The number of nitrogens with zero attached hydrogens (tertiary/aromatic N) is 2. The fraction of sp³-hybridized carbons (Fsp3) is 0.462. The van der Waals surface area contributed by atoms with Crippen molar-refractivity contribution < 1.29 is 9.72 Å². The van der Waals surface area contributed by atoms with Gasteiger partial charge in [0.05, 0.1) is 4.92 Å². The summed E-state index contributed by atoms with van der Waals surface area (Å²) in [5.74, 6) is 0. The van der Waals surface area contributed by atoms with Crippen LogP contribution in [0.1, 0.15) is 12.8 Å². The van der Waals surface area contributed by atoms with Gasteiger partial charge < -0.3 is 15.5 Å². The van der Waals surface area contributed by atoms with E-state index in [0.29, 0.717) is 18.3 Å². The van der Waals surface area contributed by atoms with E-state index in [2.05, 4.69) is 10.6 Å². The monoisotopic (exact) mass is 278 g/mol. The smallest absolute Gasteiger partial charge is 0.321 e. The largest absolute Gasteiger partial charge is 0.326 e. The van der Waals surface area contributed by atoms with Crippen molar-refractivity contribution in [3.05, 3.63) is 34.4 Å². The summed E-state index contributed by atoms with van der Waals surface area (Å²) < 4.78 is 0. The lowest BCUT2D eigenvalue weighted by Gasteiger charge is -2.21. The number of hydrogen-bond acceptors (Lipinski definition) is 4. The van der Waals surface area contributed by atoms with Crippen molar-refractivity contribution in [2.24, 2.45) is 0 Å². The second-order valence-corrected chi connectivity index (χ2v) is 4.91. The molecule has 1 heterocycles. The maximum atomic E-state index is 12.0. The summed E-state index contributed by atoms with van der Waals surface area (Å²) >= 11 is 0. The molecule has 7 nitrogen and oxygen atoms in total. The average Bonchev–Trinajstić information content (AvgIpc) is 2.92. The van der Waals surface area contributed by atoms with E-state index in [0.717, 1.165) is 19.4 Å². The van der Waals surface area contributed by atoms with E-state index < -0.39 is 4.92 Å². The maximum Gasteiger partial charge on any atom is 0.321 e. The van der Waals surface area contributed by atoms with E-state index in [1.54, 1.807) is 11.9 Å². The Labute approximate surface area is 117 Å². The van der Waals surface area contributed by atoms with Crippen molar-refractivity contribution in [3.63, 3.8) is 0 Å². The first-order chi connectivity index (χ1) is 9.56. The molecule has 0 spiro atoms. The highest BCUT2D eigenvalue weighted by atomic mass is 16.6. The summed E-state index contributed by atoms with van der Waals surface area (Å²) in [6, 6.07) is 5.92. The first-order valence-corrected chi connectivity index (χ1v) is 6.56. The molecule has 1 atom stereocenters. The second kappa shape index (κ2) is 6.33. The Bertz CT molecular complexity index is 483. The fourth-order valence-corrected chi connectivity index (χ4v) is 2.21. The fourth-order valence-electron chi connectivity index (χ4n) is 2.21. The first-order valence-electron chi connectivity index (χ1n) is 6.56. The Morgan fingerprint density at radius 3 is 2.75 bits per heavy atom. The molecule has 20 heavy (non-hydrogen) atoms. The minimum atomic E-state index is -0.469. The van der Waals surface area contributed by atoms with Crippen LogP contribution in [0.3, 0.4) is 0 Å². The number of nitrogens with one attached hydrogen (secondary N) is 2. The molecular formula is C13H18N4O3. The maximum absolute atomic E-state index is 12.0. The van der Waals surface area contributed by atoms with Gasteiger partial charge in [-0.25, -0.2) is 4.79 Å². The molecule has 1 aliphatic heterocycles. The van der Waals surface area contributed by atoms with Gasteiger partial charge in [-0.1, -0.05) is 0 Å². The van der Waals surface area contributed by atoms with Crippen LogP contribution in [0.15, 0.2) is 24.3 Å². The lowest BCUT2D eigenvalue weighted by Crippen LogP contribution is -2.40. The predicted octanol–water partition coefficient (Wildman–Crippen LogP) is 1.81. The van der Waals surface area contributed by atoms with Crippen molar-refractivity contribution in [1.29, 1.82) is 0 Å². The molecule has 1 aliphatic rings. The molecule has 1 fully saturated rings. The van der Waals surface area contributed by atoms with Gasteiger partial charge in [-0.3, -0.25) is 10.1 Å². The van der Waals surface area contributed by atoms with Crippen LogP contribution >= 0.6 is 0 Å². The second-order valence-electron chi connectivity index (χ2n) is 4.91. The first kappa shape index (κ1) is 14.3. The summed E-state index contributed by atoms with van der Waals surface area (Å²) in [6.45, 7) is 1.65. The van der Waals surface area contributed by atoms with Crippen LogP contribution in [0.25, 0.3) is 0 Å². The summed E-state index contributed by atoms with van der Waals surface area (Å²) in [4.78, 5) is 23.7. The minimum Gasteiger partial charge on any atom is -0.326 e. The van der Waals surface area contributed by atoms with Gasteiger partial charge in [-0.05, 0) is 31.5 Å². The lowest BCUT2D eigenvalue weighted by molar-refractivity contribution is -0.384. The topological polar surface area (TPSA) is 87.5 Å². The number of nitro benzene ring substituents is 1. The quantitative estimate of drug-likeness (QED) is 0.649. The third-order valence-electron chi connectivity index (χ3n) is 3.33. The lowest BCUT2D eigenvalue weighted by atomic mass is 10.2. The summed E-state index contributed by atoms with van der Waals surface area (Å²) in [5.41, 5.74) is 0.554. The van der Waals surface area contributed by atoms with E-state index >= 15 is 0 Å². The summed E-state index contributed by atoms with van der Waals surface area (Å²) in [7, 11) is 1.74. The molecule has 2 N–H and O–H groups in total. The third-order valence-corrected chi connectivity index (χ3v) is 3.33. The number of nitro groups is 1. The Kier molecular flexibility index (Phi) is 4.52. The molecule has 1 unspecified atom stereocenters. The highest BCUT2D eigenvalue weighted by Crippen LogP contribution is 2.16. The van der Waals surface area contributed by atoms with Gasteiger partial charge in [0.2, 0.25) is 0 Å². The van der Waals surface area contributed by atoms with Gasteiger partial charge in [0, 0.05) is 37.5 Å². The number of benzene rings is 1. The molecule has 0 aromatic heterocycles. The van der Waals surface area contributed by atoms with Gasteiger partial charge in [0.15, 0.2) is 0 Å². The van der Waals surface area contributed by atoms with E-state index in [1.165, 1.54) is 24.3 Å². The standard InChI is InChI=1S/C13H18N4O3/c1-16(9-11-3-2-8-14-11)13(18)15-10-4-6-12(7-5-10)17(19)20/h4-7,11,14H,2-3,8-9H2,1H3,(H,15,18). The molecule has 108 valence electrons. The summed E-state index contributed by atoms with van der Waals surface area (Å²) in [6.07, 6.45) is 2.22. The minimum absolute atomic E-state index is 0.00603. The zero-order valence-electron chi connectivity index (χ0n) is 11.3. The SMILES string of the molecule is CN(CC1CCCN1)C(=O)Nc1ccc([N+](=O)[O-])cc1. The molecule has 1 saturated heterocycles. The number of carbonyl (C=O) groups is 1. The van der Waals surface area contributed by atoms with E-state index in [9.17, 15) is 14.9 Å². The van der Waals surface area contributed by atoms with Crippen LogP contribution in [0.5, 0.6) is 0 Å². The number of hydrogen-bond donors (Lipinski definition) is 2. The molecule has 7 heteroatoms. The number of amides is 2. The molecule has 1 aromatic rings. The van der Waals surface area contributed by atoms with Gasteiger partial charge in [-0.2, -0.15) is 0 Å². The Balaban J connectivity index is 1.87. The van der Waals surface area contributed by atoms with Crippen molar-refractivity contribution >= 4 is 17.4 Å². The van der Waals surface area contributed by atoms with Crippen molar-refractivity contribution in [1.82, 2.24) is 10.2 Å². The average molecular weight is 278 g/mol. The van der Waals surface area contributed by atoms with Gasteiger partial charge in [-0.15, -0.1) is 0 Å². The summed E-state index contributed by atoms with van der Waals surface area (Å²) in [5, 5.41) is 16.6. The molecule has 0 bridgehead atoms. The predicted molar refractivity (Wildman–Crippen MR) is 75.8 cm³/mol. The van der Waals surface area contributed by atoms with Gasteiger partial charge in [0.1, 0.15) is 0 Å². The highest BCUT2D eigenvalue weighted by Gasteiger charge is 2.18. The van der Waals surface area contributed by atoms with E-state index in [-0.39, 0.29) is 11.7 Å². The van der Waals surface area contributed by atoms with Gasteiger partial charge in [0.25, 0.3) is 5.69 Å². The van der Waals surface area contributed by atoms with Crippen LogP contribution in [-0.4, -0.2) is 42.0 Å². The molecule has 1 aromatic carbocycles. The number of rotatable bonds is 4. The Morgan fingerprint density at radius 2 is 2.20 bits per heavy atom. The highest BCUT2D eigenvalue weighted by molar-refractivity contribution is 5.89. The van der Waals surface area contributed by atoms with E-state index in [4.69, 9.17) is 0 Å².